The minimum Gasteiger partial charge on any atom is -0.450 e. The maximum atomic E-state index is 12.6. The van der Waals surface area contributed by atoms with Crippen molar-refractivity contribution in [2.24, 2.45) is 0 Å². The van der Waals surface area contributed by atoms with Gasteiger partial charge in [-0.2, -0.15) is 0 Å². The lowest BCUT2D eigenvalue weighted by atomic mass is 9.73. The van der Waals surface area contributed by atoms with E-state index in [-0.39, 0.29) is 17.4 Å². The number of nitrogens with zero attached hydrogens (tertiary/aromatic N) is 3. The topological polar surface area (TPSA) is 53.1 Å². The molecule has 2 saturated heterocycles. The average Bonchev–Trinajstić information content (AvgIpc) is 3.18. The van der Waals surface area contributed by atoms with Gasteiger partial charge in [0.25, 0.3) is 0 Å². The van der Waals surface area contributed by atoms with Gasteiger partial charge in [0.15, 0.2) is 0 Å². The van der Waals surface area contributed by atoms with Crippen molar-refractivity contribution >= 4 is 17.7 Å². The molecular formula is C29H37N3O3. The summed E-state index contributed by atoms with van der Waals surface area (Å²) in [5.41, 5.74) is 6.16. The van der Waals surface area contributed by atoms with Crippen molar-refractivity contribution in [2.45, 2.75) is 57.9 Å². The van der Waals surface area contributed by atoms with Gasteiger partial charge < -0.3 is 19.4 Å². The van der Waals surface area contributed by atoms with Gasteiger partial charge in [-0.15, -0.1) is 0 Å². The average molecular weight is 476 g/mol. The summed E-state index contributed by atoms with van der Waals surface area (Å²) < 4.78 is 5.18. The maximum absolute atomic E-state index is 12.6. The van der Waals surface area contributed by atoms with E-state index in [1.54, 1.807) is 6.92 Å². The van der Waals surface area contributed by atoms with Crippen LogP contribution in [0, 0.1) is 6.92 Å². The number of amides is 2. The second-order valence-corrected chi connectivity index (χ2v) is 10.4. The number of hydrogen-bond acceptors (Lipinski definition) is 4. The highest BCUT2D eigenvalue weighted by Gasteiger charge is 2.46. The summed E-state index contributed by atoms with van der Waals surface area (Å²) in [7, 11) is 0. The molecule has 3 aliphatic rings. The Hall–Kier alpha value is -2.86. The van der Waals surface area contributed by atoms with Crippen LogP contribution in [0.4, 0.5) is 10.5 Å². The molecule has 2 amide bonds. The fraction of sp³-hybridized carbons (Fsp3) is 0.517. The molecule has 6 nitrogen and oxygen atoms in total. The fourth-order valence-electron chi connectivity index (χ4n) is 6.33. The molecular weight excluding hydrogens is 438 g/mol. The largest absolute Gasteiger partial charge is 0.450 e. The predicted molar refractivity (Wildman–Crippen MR) is 139 cm³/mol. The minimum atomic E-state index is -0.181. The zero-order valence-electron chi connectivity index (χ0n) is 21.3. The van der Waals surface area contributed by atoms with Crippen LogP contribution in [-0.2, 0) is 14.9 Å². The molecule has 0 aromatic heterocycles. The first kappa shape index (κ1) is 23.9. The van der Waals surface area contributed by atoms with E-state index in [0.29, 0.717) is 12.6 Å². The summed E-state index contributed by atoms with van der Waals surface area (Å²) in [5, 5.41) is 0. The Balaban J connectivity index is 1.32. The van der Waals surface area contributed by atoms with Crippen LogP contribution < -0.4 is 4.90 Å². The summed E-state index contributed by atoms with van der Waals surface area (Å²) in [6, 6.07) is 15.8. The summed E-state index contributed by atoms with van der Waals surface area (Å²) in [5.74, 6) is 0.125. The molecule has 0 bridgehead atoms. The Morgan fingerprint density at radius 3 is 2.37 bits per heavy atom. The van der Waals surface area contributed by atoms with Gasteiger partial charge in [-0.25, -0.2) is 4.79 Å². The molecule has 0 N–H and O–H groups in total. The molecule has 0 aliphatic carbocycles. The van der Waals surface area contributed by atoms with E-state index < -0.39 is 0 Å². The van der Waals surface area contributed by atoms with Crippen molar-refractivity contribution in [1.29, 1.82) is 0 Å². The monoisotopic (exact) mass is 475 g/mol. The fourth-order valence-corrected chi connectivity index (χ4v) is 6.33. The number of benzene rings is 2. The molecule has 0 radical (unpaired) electrons. The Labute approximate surface area is 208 Å². The van der Waals surface area contributed by atoms with Crippen LogP contribution in [0.1, 0.15) is 50.7 Å². The number of ether oxygens (including phenoxy) is 1. The quantitative estimate of drug-likeness (QED) is 0.628. The first-order valence-electron chi connectivity index (χ1n) is 13.1. The predicted octanol–water partition coefficient (Wildman–Crippen LogP) is 4.98. The molecule has 0 saturated carbocycles. The van der Waals surface area contributed by atoms with Crippen molar-refractivity contribution in [3.63, 3.8) is 0 Å². The van der Waals surface area contributed by atoms with Crippen LogP contribution in [0.25, 0.3) is 11.1 Å². The number of rotatable bonds is 3. The van der Waals surface area contributed by atoms with E-state index in [1.807, 2.05) is 16.7 Å². The van der Waals surface area contributed by atoms with Gasteiger partial charge in [-0.3, -0.25) is 4.79 Å². The third kappa shape index (κ3) is 4.56. The van der Waals surface area contributed by atoms with E-state index >= 15 is 0 Å². The number of aryl methyl sites for hydroxylation is 1. The third-order valence-corrected chi connectivity index (χ3v) is 8.31. The molecule has 35 heavy (non-hydrogen) atoms. The lowest BCUT2D eigenvalue weighted by Crippen LogP contribution is -2.52. The Morgan fingerprint density at radius 2 is 1.71 bits per heavy atom. The van der Waals surface area contributed by atoms with Gasteiger partial charge in [-0.1, -0.05) is 35.9 Å². The number of anilines is 1. The summed E-state index contributed by atoms with van der Waals surface area (Å²) >= 11 is 0. The molecule has 2 fully saturated rings. The smallest absolute Gasteiger partial charge is 0.409 e. The zero-order valence-corrected chi connectivity index (χ0v) is 21.3. The van der Waals surface area contributed by atoms with Gasteiger partial charge in [0, 0.05) is 43.7 Å². The van der Waals surface area contributed by atoms with Crippen LogP contribution in [0.15, 0.2) is 42.5 Å². The molecule has 2 aromatic rings. The van der Waals surface area contributed by atoms with Crippen molar-refractivity contribution in [3.8, 4) is 11.1 Å². The van der Waals surface area contributed by atoms with Gasteiger partial charge in [0.2, 0.25) is 5.91 Å². The third-order valence-electron chi connectivity index (χ3n) is 8.31. The first-order chi connectivity index (χ1) is 16.9. The summed E-state index contributed by atoms with van der Waals surface area (Å²) in [6.07, 6.45) is 3.93. The normalized spacial score (nSPS) is 20.2. The molecule has 3 heterocycles. The molecule has 5 rings (SSSR count). The molecule has 6 heteroatoms. The Bertz CT molecular complexity index is 1100. The van der Waals surface area contributed by atoms with Crippen LogP contribution >= 0.6 is 0 Å². The number of carbonyl (C=O) groups excluding carboxylic acids is 2. The summed E-state index contributed by atoms with van der Waals surface area (Å²) in [4.78, 5) is 31.1. The lowest BCUT2D eigenvalue weighted by molar-refractivity contribution is -0.116. The van der Waals surface area contributed by atoms with Crippen LogP contribution in [0.3, 0.4) is 0 Å². The van der Waals surface area contributed by atoms with Gasteiger partial charge in [0.1, 0.15) is 0 Å². The highest BCUT2D eigenvalue weighted by atomic mass is 16.6. The van der Waals surface area contributed by atoms with E-state index in [9.17, 15) is 9.59 Å². The maximum Gasteiger partial charge on any atom is 0.409 e. The molecule has 0 unspecified atom stereocenters. The number of likely N-dealkylation sites (tertiary alicyclic amines) is 2. The minimum absolute atomic E-state index is 0.0168. The molecule has 2 aromatic carbocycles. The second kappa shape index (κ2) is 9.65. The number of fused-ring (bicyclic) bond motifs is 2. The van der Waals surface area contributed by atoms with Gasteiger partial charge in [-0.05, 0) is 81.4 Å². The van der Waals surface area contributed by atoms with Gasteiger partial charge >= 0.3 is 6.09 Å². The highest BCUT2D eigenvalue weighted by molar-refractivity contribution is 5.95. The van der Waals surface area contributed by atoms with Crippen molar-refractivity contribution < 1.29 is 14.3 Å². The van der Waals surface area contributed by atoms with Crippen LogP contribution in [0.5, 0.6) is 0 Å². The van der Waals surface area contributed by atoms with E-state index in [2.05, 4.69) is 54.3 Å². The van der Waals surface area contributed by atoms with Gasteiger partial charge in [0.05, 0.1) is 6.61 Å². The number of hydrogen-bond donors (Lipinski definition) is 0. The Kier molecular flexibility index (Phi) is 6.58. The second-order valence-electron chi connectivity index (χ2n) is 10.4. The Morgan fingerprint density at radius 1 is 1.00 bits per heavy atom. The highest BCUT2D eigenvalue weighted by Crippen LogP contribution is 2.48. The lowest BCUT2D eigenvalue weighted by Gasteiger charge is -2.45. The van der Waals surface area contributed by atoms with Crippen LogP contribution in [-0.4, -0.2) is 67.2 Å². The first-order valence-corrected chi connectivity index (χ1v) is 13.1. The number of piperidine rings is 2. The SMILES string of the molecule is CCOC(=O)N1CCC(N2CCC3(CC2)CN(C(C)=O)c2ccc(-c4cccc(C)c4)cc23)CC1. The van der Waals surface area contributed by atoms with E-state index in [1.165, 1.54) is 22.3 Å². The van der Waals surface area contributed by atoms with E-state index in [4.69, 9.17) is 4.74 Å². The van der Waals surface area contributed by atoms with Crippen molar-refractivity contribution in [3.05, 3.63) is 53.6 Å². The zero-order chi connectivity index (χ0) is 24.6. The van der Waals surface area contributed by atoms with Crippen molar-refractivity contribution in [1.82, 2.24) is 9.80 Å². The van der Waals surface area contributed by atoms with Crippen LogP contribution in [0.2, 0.25) is 0 Å². The number of carbonyl (C=O) groups is 2. The molecule has 3 aliphatic heterocycles. The van der Waals surface area contributed by atoms with Crippen molar-refractivity contribution in [2.75, 3.05) is 44.2 Å². The standard InChI is InChI=1S/C29H37N3O3/c1-4-35-28(34)31-14-10-25(11-15-31)30-16-12-29(13-17-30)20-32(22(3)33)27-9-8-24(19-26(27)29)23-7-5-6-21(2)18-23/h5-9,18-19,25H,4,10-17,20H2,1-3H3. The molecule has 0 atom stereocenters. The van der Waals surface area contributed by atoms with E-state index in [0.717, 1.165) is 64.1 Å². The summed E-state index contributed by atoms with van der Waals surface area (Å²) in [6.45, 7) is 10.5. The molecule has 1 spiro atoms. The molecule has 186 valence electrons.